The highest BCUT2D eigenvalue weighted by Crippen LogP contribution is 2.14. The molecule has 32 nitrogen and oxygen atoms in total. The maximum Gasteiger partial charge on any atom is 0.305 e. The first-order valence-corrected chi connectivity index (χ1v) is 30.3. The molecule has 20 N–H and O–H groups in total. The average molecular weight is 1300 g/mol. The second-order valence-corrected chi connectivity index (χ2v) is 23.4. The third kappa shape index (κ3) is 28.8. The number of H-pyrrole nitrogens is 1. The predicted octanol–water partition coefficient (Wildman–Crippen LogP) is -2.51. The monoisotopic (exact) mass is 1300 g/mol. The number of carboxylic acids is 3. The van der Waals surface area contributed by atoms with E-state index >= 15 is 0 Å². The van der Waals surface area contributed by atoms with E-state index in [2.05, 4.69) is 68.1 Å². The molecule has 0 aliphatic carbocycles. The van der Waals surface area contributed by atoms with Gasteiger partial charge >= 0.3 is 11.9 Å². The van der Waals surface area contributed by atoms with Gasteiger partial charge in [-0.25, -0.2) is 4.98 Å². The van der Waals surface area contributed by atoms with Crippen LogP contribution in [0.15, 0.2) is 78.2 Å². The Kier molecular flexibility index (Phi) is 32.6. The summed E-state index contributed by atoms with van der Waals surface area (Å²) in [4.78, 5) is 183. The van der Waals surface area contributed by atoms with E-state index < -0.39 is 162 Å². The summed E-state index contributed by atoms with van der Waals surface area (Å²) in [6.45, 7) is 11.5. The van der Waals surface area contributed by atoms with Crippen LogP contribution in [0.25, 0.3) is 0 Å². The molecule has 10 unspecified atom stereocenters. The van der Waals surface area contributed by atoms with Crippen LogP contribution < -0.4 is 70.4 Å². The van der Waals surface area contributed by atoms with Crippen LogP contribution in [0.2, 0.25) is 0 Å². The van der Waals surface area contributed by atoms with Crippen LogP contribution in [0, 0.1) is 17.8 Å². The van der Waals surface area contributed by atoms with Crippen molar-refractivity contribution in [2.24, 2.45) is 39.9 Å². The molecule has 2 heterocycles. The predicted molar refractivity (Wildman–Crippen MR) is 337 cm³/mol. The first kappa shape index (κ1) is 77.2. The molecule has 4 rings (SSSR count). The maximum atomic E-state index is 14.6. The van der Waals surface area contributed by atoms with Crippen molar-refractivity contribution in [2.45, 2.75) is 173 Å². The fraction of sp³-hybridized carbons (Fsp3) is 0.525. The Hall–Kier alpha value is -10.0. The lowest BCUT2D eigenvalue weighted by Gasteiger charge is -2.29. The number of nitrogens with two attached hydrogens (primary N) is 3. The van der Waals surface area contributed by atoms with E-state index in [1.54, 1.807) is 88.4 Å². The van der Waals surface area contributed by atoms with Gasteiger partial charge in [0, 0.05) is 44.6 Å². The first-order valence-electron chi connectivity index (χ1n) is 30.3. The standard InChI is InChI=1S/C59H86N16O14.C2H4O2/c1-31(2)23-40(52(83)67-38(20-14-22-65-59(61)62)51(82)68-39(49(60)80)24-34-15-9-7-10-16-34)69-53(84)41(25-35-17-11-8-12-18-35)72-57(88)47(32(3)4)74-55(86)42(26-36-29-63-30-66-36)70-54(85)43(27-45(76)77)73-58(89)48(33(5)6)75-56(87)44(28-46(78)79)71-50(81)37-19-13-21-64-37;1-2(3)4/h7-12,15-18,29-33,37-44,47-48,64H,13-14,19-28H2,1-6H3,(H2,60,80)(H,63,66)(H,67,83)(H,68,82)(H,69,84)(H,70,85)(H,71,81)(H,72,88)(H,73,89)(H,74,86)(H,75,87)(H,76,77)(H,78,79)(H4,61,62,65);1H3,(H,3,4). The molecule has 0 saturated carbocycles. The lowest BCUT2D eigenvalue weighted by molar-refractivity contribution is -0.142. The van der Waals surface area contributed by atoms with Crippen molar-refractivity contribution < 1.29 is 77.6 Å². The highest BCUT2D eigenvalue weighted by molar-refractivity contribution is 6.00. The summed E-state index contributed by atoms with van der Waals surface area (Å²) in [5, 5.41) is 53.0. The van der Waals surface area contributed by atoms with Crippen molar-refractivity contribution in [3.63, 3.8) is 0 Å². The topological polar surface area (TPSA) is 522 Å². The number of carbonyl (C=O) groups is 13. The number of carbonyl (C=O) groups excluding carboxylic acids is 10. The Bertz CT molecular complexity index is 3030. The minimum Gasteiger partial charge on any atom is -0.481 e. The summed E-state index contributed by atoms with van der Waals surface area (Å²) in [6, 6.07) is 3.39. The highest BCUT2D eigenvalue weighted by atomic mass is 16.4. The van der Waals surface area contributed by atoms with Gasteiger partial charge in [0.25, 0.3) is 5.97 Å². The van der Waals surface area contributed by atoms with E-state index in [4.69, 9.17) is 27.1 Å². The molecule has 10 atom stereocenters. The van der Waals surface area contributed by atoms with Gasteiger partial charge in [-0.05, 0) is 67.5 Å². The number of benzene rings is 2. The third-order valence-electron chi connectivity index (χ3n) is 14.3. The van der Waals surface area contributed by atoms with E-state index in [9.17, 15) is 67.7 Å². The van der Waals surface area contributed by atoms with Gasteiger partial charge in [0.05, 0.1) is 25.2 Å². The smallest absolute Gasteiger partial charge is 0.305 e. The van der Waals surface area contributed by atoms with E-state index in [0.717, 1.165) is 6.92 Å². The molecule has 93 heavy (non-hydrogen) atoms. The third-order valence-corrected chi connectivity index (χ3v) is 14.3. The number of carboxylic acid groups (broad SMARTS) is 3. The average Bonchev–Trinajstić information content (AvgIpc) is 1.28. The molecule has 1 aromatic heterocycles. The van der Waals surface area contributed by atoms with Crippen LogP contribution in [-0.2, 0) is 81.6 Å². The van der Waals surface area contributed by atoms with Gasteiger partial charge in [0.2, 0.25) is 59.1 Å². The summed E-state index contributed by atoms with van der Waals surface area (Å²) in [6.07, 6.45) is 1.66. The van der Waals surface area contributed by atoms with Gasteiger partial charge in [-0.3, -0.25) is 67.3 Å². The number of rotatable bonds is 37. The summed E-state index contributed by atoms with van der Waals surface area (Å²) in [5.41, 5.74) is 18.3. The van der Waals surface area contributed by atoms with Crippen LogP contribution in [0.3, 0.4) is 0 Å². The number of imidazole rings is 1. The van der Waals surface area contributed by atoms with Crippen LogP contribution in [-0.4, -0.2) is 182 Å². The van der Waals surface area contributed by atoms with Crippen LogP contribution >= 0.6 is 0 Å². The summed E-state index contributed by atoms with van der Waals surface area (Å²) in [5.74, 6) is -14.7. The quantitative estimate of drug-likeness (QED) is 0.0161. The normalized spacial score (nSPS) is 15.4. The van der Waals surface area contributed by atoms with Crippen LogP contribution in [0.4, 0.5) is 0 Å². The largest absolute Gasteiger partial charge is 0.481 e. The number of nitrogens with zero attached hydrogens (tertiary/aromatic N) is 2. The number of amides is 10. The molecule has 1 aliphatic rings. The summed E-state index contributed by atoms with van der Waals surface area (Å²) < 4.78 is 0. The second kappa shape index (κ2) is 39.3. The van der Waals surface area contributed by atoms with E-state index in [-0.39, 0.29) is 56.9 Å². The zero-order valence-corrected chi connectivity index (χ0v) is 53.2. The molecule has 0 spiro atoms. The number of aliphatic carboxylic acids is 3. The van der Waals surface area contributed by atoms with Gasteiger partial charge in [0.15, 0.2) is 5.96 Å². The number of hydrogen-bond donors (Lipinski definition) is 17. The Morgan fingerprint density at radius 1 is 0.548 bits per heavy atom. The van der Waals surface area contributed by atoms with E-state index in [1.165, 1.54) is 26.4 Å². The Labute approximate surface area is 538 Å². The fourth-order valence-corrected chi connectivity index (χ4v) is 9.57. The van der Waals surface area contributed by atoms with Gasteiger partial charge in [-0.1, -0.05) is 102 Å². The molecule has 0 bridgehead atoms. The SMILES string of the molecule is CC(=O)O.CC(C)CC(NC(=O)C(Cc1ccccc1)NC(=O)C(NC(=O)C(Cc1cnc[nH]1)NC(=O)C(CC(=O)O)NC(=O)C(NC(=O)C(CC(=O)O)NC(=O)C1CCCN1)C(C)C)C(C)C)C(=O)NC(CCCN=C(N)N)C(=O)NC(Cc1ccccc1)C(N)=O. The molecule has 32 heteroatoms. The number of aromatic nitrogens is 2. The minimum atomic E-state index is -1.90. The van der Waals surface area contributed by atoms with E-state index in [0.29, 0.717) is 36.2 Å². The maximum absolute atomic E-state index is 14.6. The Morgan fingerprint density at radius 2 is 0.968 bits per heavy atom. The van der Waals surface area contributed by atoms with Gasteiger partial charge in [-0.2, -0.15) is 0 Å². The van der Waals surface area contributed by atoms with Gasteiger partial charge < -0.3 is 90.7 Å². The van der Waals surface area contributed by atoms with Crippen molar-refractivity contribution in [2.75, 3.05) is 13.1 Å². The Morgan fingerprint density at radius 3 is 1.43 bits per heavy atom. The van der Waals surface area contributed by atoms with Crippen molar-refractivity contribution in [3.8, 4) is 0 Å². The van der Waals surface area contributed by atoms with Crippen LogP contribution in [0.1, 0.15) is 110 Å². The van der Waals surface area contributed by atoms with E-state index in [1.807, 2.05) is 0 Å². The zero-order valence-electron chi connectivity index (χ0n) is 53.2. The molecule has 510 valence electrons. The first-order chi connectivity index (χ1) is 43.8. The summed E-state index contributed by atoms with van der Waals surface area (Å²) >= 11 is 0. The molecular weight excluding hydrogens is 1210 g/mol. The number of nitrogens with one attached hydrogen (secondary N) is 11. The number of aromatic amines is 1. The van der Waals surface area contributed by atoms with Crippen molar-refractivity contribution in [1.29, 1.82) is 0 Å². The summed E-state index contributed by atoms with van der Waals surface area (Å²) in [7, 11) is 0. The molecule has 10 amide bonds. The molecule has 2 aromatic carbocycles. The van der Waals surface area contributed by atoms with Gasteiger partial charge in [0.1, 0.15) is 54.4 Å². The highest BCUT2D eigenvalue weighted by Gasteiger charge is 2.38. The number of hydrogen-bond acceptors (Lipinski definition) is 16. The number of aliphatic imine (C=N–C) groups is 1. The molecular formula is C61H90N16O16. The zero-order chi connectivity index (χ0) is 69.5. The number of primary amides is 1. The lowest BCUT2D eigenvalue weighted by Crippen LogP contribution is -2.62. The second-order valence-electron chi connectivity index (χ2n) is 23.4. The molecule has 1 aliphatic heterocycles. The molecule has 3 aromatic rings. The lowest BCUT2D eigenvalue weighted by atomic mass is 9.98. The van der Waals surface area contributed by atoms with Crippen LogP contribution in [0.5, 0.6) is 0 Å². The molecule has 1 saturated heterocycles. The minimum absolute atomic E-state index is 0.0180. The molecule has 1 fully saturated rings. The van der Waals surface area contributed by atoms with Gasteiger partial charge in [-0.15, -0.1) is 0 Å². The molecule has 0 radical (unpaired) electrons. The van der Waals surface area contributed by atoms with Crippen molar-refractivity contribution in [3.05, 3.63) is 90.0 Å². The number of guanidine groups is 1. The van der Waals surface area contributed by atoms with Crippen molar-refractivity contribution >= 4 is 82.9 Å². The fourth-order valence-electron chi connectivity index (χ4n) is 9.57. The Balaban J connectivity index is 0.00000547. The van der Waals surface area contributed by atoms with Crippen molar-refractivity contribution in [1.82, 2.24) is 63.1 Å².